The molecule has 2 aromatic rings. The number of nitrogens with one attached hydrogen (secondary N) is 1. The molecule has 1 aliphatic rings. The molecule has 1 amide bonds. The van der Waals surface area contributed by atoms with Gasteiger partial charge in [-0.3, -0.25) is 4.79 Å². The van der Waals surface area contributed by atoms with Crippen molar-refractivity contribution in [2.45, 2.75) is 6.42 Å². The van der Waals surface area contributed by atoms with E-state index in [4.69, 9.17) is 0 Å². The zero-order chi connectivity index (χ0) is 16.8. The van der Waals surface area contributed by atoms with Crippen LogP contribution in [0.2, 0.25) is 0 Å². The van der Waals surface area contributed by atoms with Gasteiger partial charge >= 0.3 is 0 Å². The van der Waals surface area contributed by atoms with Crippen LogP contribution in [-0.4, -0.2) is 50.6 Å². The van der Waals surface area contributed by atoms with Crippen LogP contribution in [-0.2, 0) is 6.42 Å². The van der Waals surface area contributed by atoms with Gasteiger partial charge < -0.3 is 15.1 Å². The Bertz CT molecular complexity index is 664. The van der Waals surface area contributed by atoms with Crippen molar-refractivity contribution in [3.8, 4) is 0 Å². The van der Waals surface area contributed by atoms with E-state index < -0.39 is 0 Å². The first-order chi connectivity index (χ1) is 11.7. The van der Waals surface area contributed by atoms with Crippen molar-refractivity contribution in [2.24, 2.45) is 0 Å². The number of nitrogens with zero attached hydrogens (tertiary/aromatic N) is 2. The predicted molar refractivity (Wildman–Crippen MR) is 98.6 cm³/mol. The van der Waals surface area contributed by atoms with Crippen LogP contribution < -0.4 is 10.2 Å². The van der Waals surface area contributed by atoms with Gasteiger partial charge in [-0.2, -0.15) is 0 Å². The van der Waals surface area contributed by atoms with Crippen LogP contribution in [0.1, 0.15) is 15.9 Å². The Hall–Kier alpha value is -2.33. The van der Waals surface area contributed by atoms with Gasteiger partial charge in [0.25, 0.3) is 5.91 Å². The summed E-state index contributed by atoms with van der Waals surface area (Å²) in [6.45, 7) is 4.96. The van der Waals surface area contributed by atoms with E-state index in [9.17, 15) is 4.79 Å². The Labute approximate surface area is 144 Å². The van der Waals surface area contributed by atoms with E-state index >= 15 is 0 Å². The summed E-state index contributed by atoms with van der Waals surface area (Å²) in [5.41, 5.74) is 3.32. The zero-order valence-corrected chi connectivity index (χ0v) is 14.2. The first kappa shape index (κ1) is 16.5. The lowest BCUT2D eigenvalue weighted by molar-refractivity contribution is 0.0954. The van der Waals surface area contributed by atoms with Crippen molar-refractivity contribution in [1.82, 2.24) is 10.2 Å². The molecule has 126 valence electrons. The van der Waals surface area contributed by atoms with Crippen LogP contribution in [0.4, 0.5) is 5.69 Å². The number of anilines is 1. The molecule has 1 heterocycles. The summed E-state index contributed by atoms with van der Waals surface area (Å²) in [7, 11) is 2.17. The number of hydrogen-bond acceptors (Lipinski definition) is 3. The average Bonchev–Trinajstić information content (AvgIpc) is 2.63. The number of rotatable bonds is 5. The number of amides is 1. The molecule has 1 saturated heterocycles. The van der Waals surface area contributed by atoms with E-state index in [1.165, 1.54) is 11.3 Å². The van der Waals surface area contributed by atoms with E-state index in [1.807, 2.05) is 30.3 Å². The number of carbonyl (C=O) groups is 1. The van der Waals surface area contributed by atoms with Crippen molar-refractivity contribution in [1.29, 1.82) is 0 Å². The molecule has 24 heavy (non-hydrogen) atoms. The standard InChI is InChI=1S/C20H25N3O/c1-22-13-15-23(16-14-22)19-10-6-5-7-17(19)11-12-21-20(24)18-8-3-2-4-9-18/h2-10H,11-16H2,1H3,(H,21,24). The fraction of sp³-hybridized carbons (Fsp3) is 0.350. The fourth-order valence-corrected chi connectivity index (χ4v) is 3.08. The Morgan fingerprint density at radius 2 is 1.62 bits per heavy atom. The number of benzene rings is 2. The molecule has 0 aromatic heterocycles. The van der Waals surface area contributed by atoms with Gasteiger partial charge in [-0.15, -0.1) is 0 Å². The van der Waals surface area contributed by atoms with Gasteiger partial charge in [-0.05, 0) is 37.2 Å². The summed E-state index contributed by atoms with van der Waals surface area (Å²) >= 11 is 0. The van der Waals surface area contributed by atoms with Gasteiger partial charge in [0, 0.05) is 44.0 Å². The van der Waals surface area contributed by atoms with Crippen molar-refractivity contribution in [3.63, 3.8) is 0 Å². The molecule has 0 aliphatic carbocycles. The summed E-state index contributed by atoms with van der Waals surface area (Å²) in [6, 6.07) is 17.9. The molecule has 0 saturated carbocycles. The molecule has 0 spiro atoms. The molecule has 1 N–H and O–H groups in total. The van der Waals surface area contributed by atoms with Crippen molar-refractivity contribution in [3.05, 3.63) is 65.7 Å². The summed E-state index contributed by atoms with van der Waals surface area (Å²) in [6.07, 6.45) is 0.848. The number of hydrogen-bond donors (Lipinski definition) is 1. The third-order valence-electron chi connectivity index (χ3n) is 4.55. The van der Waals surface area contributed by atoms with Gasteiger partial charge in [0.1, 0.15) is 0 Å². The fourth-order valence-electron chi connectivity index (χ4n) is 3.08. The summed E-state index contributed by atoms with van der Waals surface area (Å²) in [5.74, 6) is -0.00678. The molecule has 2 aromatic carbocycles. The molecule has 0 bridgehead atoms. The SMILES string of the molecule is CN1CCN(c2ccccc2CCNC(=O)c2ccccc2)CC1. The molecule has 3 rings (SSSR count). The maximum absolute atomic E-state index is 12.1. The molecular weight excluding hydrogens is 298 g/mol. The Morgan fingerprint density at radius 1 is 0.958 bits per heavy atom. The molecule has 1 aliphatic heterocycles. The first-order valence-electron chi connectivity index (χ1n) is 8.58. The number of carbonyl (C=O) groups excluding carboxylic acids is 1. The summed E-state index contributed by atoms with van der Waals surface area (Å²) in [4.78, 5) is 16.9. The predicted octanol–water partition coefficient (Wildman–Crippen LogP) is 2.41. The minimum absolute atomic E-state index is 0.00678. The lowest BCUT2D eigenvalue weighted by Gasteiger charge is -2.35. The van der Waals surface area contributed by atoms with Crippen LogP contribution in [0.25, 0.3) is 0 Å². The second kappa shape index (κ2) is 7.97. The van der Waals surface area contributed by atoms with Crippen LogP contribution in [0.5, 0.6) is 0 Å². The lowest BCUT2D eigenvalue weighted by Crippen LogP contribution is -2.44. The van der Waals surface area contributed by atoms with Crippen LogP contribution in [0.3, 0.4) is 0 Å². The molecule has 4 nitrogen and oxygen atoms in total. The monoisotopic (exact) mass is 323 g/mol. The van der Waals surface area contributed by atoms with Crippen LogP contribution in [0.15, 0.2) is 54.6 Å². The third-order valence-corrected chi connectivity index (χ3v) is 4.55. The average molecular weight is 323 g/mol. The summed E-state index contributed by atoms with van der Waals surface area (Å²) < 4.78 is 0. The van der Waals surface area contributed by atoms with Crippen LogP contribution in [0, 0.1) is 0 Å². The highest BCUT2D eigenvalue weighted by Crippen LogP contribution is 2.22. The minimum Gasteiger partial charge on any atom is -0.369 e. The Kier molecular flexibility index (Phi) is 5.49. The van der Waals surface area contributed by atoms with Gasteiger partial charge in [0.2, 0.25) is 0 Å². The smallest absolute Gasteiger partial charge is 0.251 e. The largest absolute Gasteiger partial charge is 0.369 e. The second-order valence-electron chi connectivity index (χ2n) is 6.29. The topological polar surface area (TPSA) is 35.6 Å². The second-order valence-corrected chi connectivity index (χ2v) is 6.29. The van der Waals surface area contributed by atoms with E-state index in [0.29, 0.717) is 12.1 Å². The molecule has 4 heteroatoms. The van der Waals surface area contributed by atoms with Gasteiger partial charge in [-0.1, -0.05) is 36.4 Å². The molecule has 0 unspecified atom stereocenters. The Balaban J connectivity index is 1.58. The highest BCUT2D eigenvalue weighted by molar-refractivity contribution is 5.94. The van der Waals surface area contributed by atoms with Gasteiger partial charge in [-0.25, -0.2) is 0 Å². The van der Waals surface area contributed by atoms with Gasteiger partial charge in [0.15, 0.2) is 0 Å². The lowest BCUT2D eigenvalue weighted by atomic mass is 10.1. The quantitative estimate of drug-likeness (QED) is 0.918. The maximum atomic E-state index is 12.1. The Morgan fingerprint density at radius 3 is 2.38 bits per heavy atom. The highest BCUT2D eigenvalue weighted by Gasteiger charge is 2.16. The van der Waals surface area contributed by atoms with Crippen molar-refractivity contribution in [2.75, 3.05) is 44.7 Å². The van der Waals surface area contributed by atoms with E-state index in [0.717, 1.165) is 32.6 Å². The van der Waals surface area contributed by atoms with E-state index in [1.54, 1.807) is 0 Å². The van der Waals surface area contributed by atoms with Gasteiger partial charge in [0.05, 0.1) is 0 Å². The number of para-hydroxylation sites is 1. The third kappa shape index (κ3) is 4.15. The van der Waals surface area contributed by atoms with Crippen molar-refractivity contribution < 1.29 is 4.79 Å². The van der Waals surface area contributed by atoms with Crippen LogP contribution >= 0.6 is 0 Å². The van der Waals surface area contributed by atoms with E-state index in [2.05, 4.69) is 46.4 Å². The highest BCUT2D eigenvalue weighted by atomic mass is 16.1. The maximum Gasteiger partial charge on any atom is 0.251 e. The molecule has 1 fully saturated rings. The molecule has 0 atom stereocenters. The van der Waals surface area contributed by atoms with E-state index in [-0.39, 0.29) is 5.91 Å². The zero-order valence-electron chi connectivity index (χ0n) is 14.2. The van der Waals surface area contributed by atoms with Crippen molar-refractivity contribution >= 4 is 11.6 Å². The molecule has 0 radical (unpaired) electrons. The summed E-state index contributed by atoms with van der Waals surface area (Å²) in [5, 5.41) is 3.02. The first-order valence-corrected chi connectivity index (χ1v) is 8.58. The normalized spacial score (nSPS) is 15.3. The number of piperazine rings is 1. The minimum atomic E-state index is -0.00678. The number of likely N-dealkylation sites (N-methyl/N-ethyl adjacent to an activating group) is 1. The molecular formula is C20H25N3O.